The fourth-order valence-electron chi connectivity index (χ4n) is 1.50. The molecular formula is C15H31NO3. The van der Waals surface area contributed by atoms with Gasteiger partial charge in [-0.1, -0.05) is 53.9 Å². The average Bonchev–Trinajstić information content (AvgIpc) is 2.70. The average molecular weight is 273 g/mol. The van der Waals surface area contributed by atoms with Crippen molar-refractivity contribution in [3.63, 3.8) is 0 Å². The van der Waals surface area contributed by atoms with Crippen LogP contribution in [0.2, 0.25) is 0 Å². The Labute approximate surface area is 118 Å². The summed E-state index contributed by atoms with van der Waals surface area (Å²) < 4.78 is 0. The molecule has 4 nitrogen and oxygen atoms in total. The second-order valence-corrected chi connectivity index (χ2v) is 4.85. The zero-order valence-corrected chi connectivity index (χ0v) is 13.2. The maximum atomic E-state index is 11.3. The van der Waals surface area contributed by atoms with Gasteiger partial charge in [-0.3, -0.25) is 9.59 Å². The summed E-state index contributed by atoms with van der Waals surface area (Å²) in [5, 5.41) is 8.70. The monoisotopic (exact) mass is 273 g/mol. The molecule has 0 bridgehead atoms. The summed E-state index contributed by atoms with van der Waals surface area (Å²) in [6.07, 6.45) is 4.67. The van der Waals surface area contributed by atoms with Crippen LogP contribution in [0.25, 0.3) is 0 Å². The second kappa shape index (κ2) is 13.4. The summed E-state index contributed by atoms with van der Waals surface area (Å²) in [5.41, 5.74) is 0. The van der Waals surface area contributed by atoms with Gasteiger partial charge in [0.25, 0.3) is 0 Å². The minimum absolute atomic E-state index is 0.0131. The third-order valence-electron chi connectivity index (χ3n) is 2.35. The SMILES string of the molecule is CCC.CCC.CCCCN1CC(C(=O)O)CC1=O. The highest BCUT2D eigenvalue weighted by Gasteiger charge is 2.33. The number of aliphatic carboxylic acids is 1. The predicted molar refractivity (Wildman–Crippen MR) is 79.2 cm³/mol. The molecule has 1 unspecified atom stereocenters. The third kappa shape index (κ3) is 10.5. The van der Waals surface area contributed by atoms with Crippen molar-refractivity contribution in [2.75, 3.05) is 13.1 Å². The summed E-state index contributed by atoms with van der Waals surface area (Å²) in [6, 6.07) is 0. The van der Waals surface area contributed by atoms with Crippen molar-refractivity contribution in [2.24, 2.45) is 5.92 Å². The van der Waals surface area contributed by atoms with Crippen LogP contribution in [-0.4, -0.2) is 35.0 Å². The fraction of sp³-hybridized carbons (Fsp3) is 0.867. The van der Waals surface area contributed by atoms with Crippen molar-refractivity contribution in [3.05, 3.63) is 0 Å². The van der Waals surface area contributed by atoms with Gasteiger partial charge in [-0.05, 0) is 6.42 Å². The van der Waals surface area contributed by atoms with Gasteiger partial charge in [0.15, 0.2) is 0 Å². The van der Waals surface area contributed by atoms with Crippen LogP contribution in [0, 0.1) is 5.92 Å². The van der Waals surface area contributed by atoms with Gasteiger partial charge >= 0.3 is 5.97 Å². The van der Waals surface area contributed by atoms with Crippen molar-refractivity contribution in [2.45, 2.75) is 66.7 Å². The maximum Gasteiger partial charge on any atom is 0.308 e. The van der Waals surface area contributed by atoms with E-state index < -0.39 is 11.9 Å². The molecule has 1 amide bonds. The zero-order valence-electron chi connectivity index (χ0n) is 13.2. The van der Waals surface area contributed by atoms with E-state index in [1.54, 1.807) is 4.90 Å². The molecule has 1 fully saturated rings. The van der Waals surface area contributed by atoms with Crippen molar-refractivity contribution >= 4 is 11.9 Å². The number of nitrogens with zero attached hydrogens (tertiary/aromatic N) is 1. The van der Waals surface area contributed by atoms with Crippen molar-refractivity contribution in [1.29, 1.82) is 0 Å². The zero-order chi connectivity index (χ0) is 15.3. The van der Waals surface area contributed by atoms with Crippen molar-refractivity contribution in [3.8, 4) is 0 Å². The molecule has 1 rings (SSSR count). The quantitative estimate of drug-likeness (QED) is 0.852. The van der Waals surface area contributed by atoms with Gasteiger partial charge in [0.05, 0.1) is 5.92 Å². The van der Waals surface area contributed by atoms with Gasteiger partial charge in [-0.15, -0.1) is 0 Å². The molecule has 1 heterocycles. The Balaban J connectivity index is 0. The highest BCUT2D eigenvalue weighted by Crippen LogP contribution is 2.18. The summed E-state index contributed by atoms with van der Waals surface area (Å²) in [5.74, 6) is -1.35. The number of carbonyl (C=O) groups is 2. The van der Waals surface area contributed by atoms with E-state index in [-0.39, 0.29) is 12.3 Å². The Kier molecular flexibility index (Phi) is 14.3. The normalized spacial score (nSPS) is 17.2. The lowest BCUT2D eigenvalue weighted by molar-refractivity contribution is -0.141. The summed E-state index contributed by atoms with van der Waals surface area (Å²) in [6.45, 7) is 11.7. The number of likely N-dealkylation sites (tertiary alicyclic amines) is 1. The van der Waals surface area contributed by atoms with Crippen LogP contribution in [0.3, 0.4) is 0 Å². The lowest BCUT2D eigenvalue weighted by Gasteiger charge is -2.14. The van der Waals surface area contributed by atoms with Crippen molar-refractivity contribution in [1.82, 2.24) is 4.90 Å². The molecule has 1 saturated heterocycles. The van der Waals surface area contributed by atoms with Crippen LogP contribution in [0.15, 0.2) is 0 Å². The van der Waals surface area contributed by atoms with Crippen LogP contribution in [0.5, 0.6) is 0 Å². The van der Waals surface area contributed by atoms with E-state index in [1.807, 2.05) is 0 Å². The lowest BCUT2D eigenvalue weighted by atomic mass is 10.1. The van der Waals surface area contributed by atoms with Gasteiger partial charge < -0.3 is 10.0 Å². The first kappa shape index (κ1) is 20.3. The number of hydrogen-bond donors (Lipinski definition) is 1. The number of carboxylic acid groups (broad SMARTS) is 1. The Morgan fingerprint density at radius 2 is 1.68 bits per heavy atom. The van der Waals surface area contributed by atoms with Gasteiger partial charge in [-0.25, -0.2) is 0 Å². The fourth-order valence-corrected chi connectivity index (χ4v) is 1.50. The van der Waals surface area contributed by atoms with Crippen LogP contribution < -0.4 is 0 Å². The molecule has 1 atom stereocenters. The van der Waals surface area contributed by atoms with Crippen LogP contribution >= 0.6 is 0 Å². The molecule has 0 spiro atoms. The molecule has 0 saturated carbocycles. The van der Waals surface area contributed by atoms with Gasteiger partial charge in [0, 0.05) is 19.5 Å². The number of carboxylic acids is 1. The van der Waals surface area contributed by atoms with E-state index in [0.29, 0.717) is 13.1 Å². The first-order valence-corrected chi connectivity index (χ1v) is 7.48. The summed E-state index contributed by atoms with van der Waals surface area (Å²) in [4.78, 5) is 23.5. The lowest BCUT2D eigenvalue weighted by Crippen LogP contribution is -2.27. The highest BCUT2D eigenvalue weighted by atomic mass is 16.4. The second-order valence-electron chi connectivity index (χ2n) is 4.85. The first-order valence-electron chi connectivity index (χ1n) is 7.48. The van der Waals surface area contributed by atoms with Crippen LogP contribution in [0.1, 0.15) is 66.7 Å². The molecule has 1 aliphatic heterocycles. The minimum Gasteiger partial charge on any atom is -0.481 e. The predicted octanol–water partition coefficient (Wildman–Crippen LogP) is 3.55. The van der Waals surface area contributed by atoms with E-state index in [0.717, 1.165) is 12.8 Å². The first-order chi connectivity index (χ1) is 8.98. The molecule has 1 aliphatic rings. The summed E-state index contributed by atoms with van der Waals surface area (Å²) >= 11 is 0. The topological polar surface area (TPSA) is 57.6 Å². The standard InChI is InChI=1S/C9H15NO3.2C3H8/c1-2-3-4-10-6-7(9(12)13)5-8(10)11;2*1-3-2/h7H,2-6H2,1H3,(H,12,13);2*3H2,1-2H3. The molecule has 0 aromatic heterocycles. The van der Waals surface area contributed by atoms with Crippen LogP contribution in [-0.2, 0) is 9.59 Å². The van der Waals surface area contributed by atoms with Gasteiger partial charge in [0.2, 0.25) is 5.91 Å². The number of carbonyl (C=O) groups excluding carboxylic acids is 1. The number of rotatable bonds is 4. The molecule has 1 N–H and O–H groups in total. The maximum absolute atomic E-state index is 11.3. The number of hydrogen-bond acceptors (Lipinski definition) is 2. The molecule has 114 valence electrons. The third-order valence-corrected chi connectivity index (χ3v) is 2.35. The van der Waals surface area contributed by atoms with Crippen LogP contribution in [0.4, 0.5) is 0 Å². The highest BCUT2D eigenvalue weighted by molar-refractivity contribution is 5.86. The molecule has 0 aromatic rings. The van der Waals surface area contributed by atoms with Crippen molar-refractivity contribution < 1.29 is 14.7 Å². The minimum atomic E-state index is -0.854. The Hall–Kier alpha value is -1.06. The van der Waals surface area contributed by atoms with E-state index in [4.69, 9.17) is 5.11 Å². The molecule has 0 aromatic carbocycles. The molecule has 0 aliphatic carbocycles. The number of unbranched alkanes of at least 4 members (excludes halogenated alkanes) is 1. The van der Waals surface area contributed by atoms with E-state index in [2.05, 4.69) is 34.6 Å². The Morgan fingerprint density at radius 3 is 2.00 bits per heavy atom. The smallest absolute Gasteiger partial charge is 0.308 e. The van der Waals surface area contributed by atoms with Gasteiger partial charge in [-0.2, -0.15) is 0 Å². The Bertz CT molecular complexity index is 240. The van der Waals surface area contributed by atoms with E-state index >= 15 is 0 Å². The Morgan fingerprint density at radius 1 is 1.21 bits per heavy atom. The molecule has 4 heteroatoms. The molecular weight excluding hydrogens is 242 g/mol. The largest absolute Gasteiger partial charge is 0.481 e. The summed E-state index contributed by atoms with van der Waals surface area (Å²) in [7, 11) is 0. The molecule has 0 radical (unpaired) electrons. The molecule has 19 heavy (non-hydrogen) atoms. The number of amides is 1. The van der Waals surface area contributed by atoms with Gasteiger partial charge in [0.1, 0.15) is 0 Å². The van der Waals surface area contributed by atoms with E-state index in [1.165, 1.54) is 12.8 Å². The van der Waals surface area contributed by atoms with E-state index in [9.17, 15) is 9.59 Å².